The van der Waals surface area contributed by atoms with E-state index in [1.807, 2.05) is 27.7 Å². The van der Waals surface area contributed by atoms with E-state index in [0.29, 0.717) is 6.42 Å². The lowest BCUT2D eigenvalue weighted by Gasteiger charge is -2.32. The van der Waals surface area contributed by atoms with Crippen molar-refractivity contribution < 1.29 is 18.8 Å². The predicted molar refractivity (Wildman–Crippen MR) is 73.5 cm³/mol. The minimum absolute atomic E-state index is 0.0174. The van der Waals surface area contributed by atoms with Gasteiger partial charge in [0.05, 0.1) is 24.2 Å². The van der Waals surface area contributed by atoms with E-state index in [0.717, 1.165) is 18.3 Å². The zero-order chi connectivity index (χ0) is 14.3. The first-order valence-electron chi connectivity index (χ1n) is 6.89. The lowest BCUT2D eigenvalue weighted by Crippen LogP contribution is -2.41. The Morgan fingerprint density at radius 2 is 1.89 bits per heavy atom. The van der Waals surface area contributed by atoms with Gasteiger partial charge < -0.3 is 14.0 Å². The number of esters is 1. The van der Waals surface area contributed by atoms with E-state index >= 15 is 0 Å². The van der Waals surface area contributed by atoms with Crippen molar-refractivity contribution in [2.75, 3.05) is 7.11 Å². The minimum atomic E-state index is -0.308. The minimum Gasteiger partial charge on any atom is -0.469 e. The molecule has 1 saturated heterocycles. The van der Waals surface area contributed by atoms with Crippen LogP contribution in [0.4, 0.5) is 0 Å². The summed E-state index contributed by atoms with van der Waals surface area (Å²) in [6.45, 7) is 8.20. The quantitative estimate of drug-likeness (QED) is 0.569. The molecule has 2 aliphatic rings. The molecule has 0 aromatic carbocycles. The largest absolute Gasteiger partial charge is 0.490 e. The molecule has 4 nitrogen and oxygen atoms in total. The van der Waals surface area contributed by atoms with Gasteiger partial charge in [-0.3, -0.25) is 4.79 Å². The fourth-order valence-electron chi connectivity index (χ4n) is 2.44. The fraction of sp³-hybridized carbons (Fsp3) is 0.786. The monoisotopic (exact) mass is 266 g/mol. The highest BCUT2D eigenvalue weighted by Crippen LogP contribution is 2.40. The highest BCUT2D eigenvalue weighted by atomic mass is 16.7. The van der Waals surface area contributed by atoms with E-state index < -0.39 is 0 Å². The third-order valence-electron chi connectivity index (χ3n) is 4.54. The van der Waals surface area contributed by atoms with Crippen LogP contribution in [0.5, 0.6) is 0 Å². The van der Waals surface area contributed by atoms with Gasteiger partial charge in [0.1, 0.15) is 0 Å². The summed E-state index contributed by atoms with van der Waals surface area (Å²) in [6, 6.07) is 0. The Labute approximate surface area is 115 Å². The van der Waals surface area contributed by atoms with Crippen molar-refractivity contribution in [1.29, 1.82) is 0 Å². The zero-order valence-corrected chi connectivity index (χ0v) is 12.5. The molecule has 106 valence electrons. The van der Waals surface area contributed by atoms with Crippen LogP contribution in [0.1, 0.15) is 47.0 Å². The van der Waals surface area contributed by atoms with Gasteiger partial charge in [-0.05, 0) is 52.4 Å². The number of allylic oxidation sites excluding steroid dienone is 2. The molecule has 0 bridgehead atoms. The molecular formula is C14H23BO4. The number of methoxy groups -OCH3 is 1. The number of hydrogen-bond donors (Lipinski definition) is 0. The molecule has 1 heterocycles. The second-order valence-corrected chi connectivity index (χ2v) is 6.36. The Morgan fingerprint density at radius 1 is 1.32 bits per heavy atom. The number of rotatable bonds is 2. The molecule has 0 aromatic rings. The van der Waals surface area contributed by atoms with Crippen molar-refractivity contribution in [2.45, 2.75) is 58.2 Å². The molecule has 1 aliphatic carbocycles. The van der Waals surface area contributed by atoms with Crippen LogP contribution in [-0.2, 0) is 18.8 Å². The van der Waals surface area contributed by atoms with Crippen molar-refractivity contribution >= 4 is 13.1 Å². The van der Waals surface area contributed by atoms with Crippen LogP contribution >= 0.6 is 0 Å². The molecule has 0 unspecified atom stereocenters. The molecule has 0 N–H and O–H groups in total. The summed E-state index contributed by atoms with van der Waals surface area (Å²) in [4.78, 5) is 11.5. The zero-order valence-electron chi connectivity index (χ0n) is 12.5. The second-order valence-electron chi connectivity index (χ2n) is 6.36. The molecule has 0 amide bonds. The second kappa shape index (κ2) is 4.95. The first-order chi connectivity index (χ1) is 8.77. The van der Waals surface area contributed by atoms with Gasteiger partial charge in [0.15, 0.2) is 0 Å². The summed E-state index contributed by atoms with van der Waals surface area (Å²) in [7, 11) is 1.17. The Hall–Kier alpha value is -0.805. The maximum absolute atomic E-state index is 11.5. The topological polar surface area (TPSA) is 44.8 Å². The first-order valence-corrected chi connectivity index (χ1v) is 6.89. The van der Waals surface area contributed by atoms with Crippen molar-refractivity contribution in [3.05, 3.63) is 11.5 Å². The summed E-state index contributed by atoms with van der Waals surface area (Å²) in [5, 5.41) is 0. The lowest BCUT2D eigenvalue weighted by atomic mass is 9.70. The van der Waals surface area contributed by atoms with Gasteiger partial charge in [0.2, 0.25) is 0 Å². The van der Waals surface area contributed by atoms with Crippen LogP contribution in [0, 0.1) is 5.92 Å². The Morgan fingerprint density at radius 3 is 2.32 bits per heavy atom. The molecule has 2 rings (SSSR count). The fourth-order valence-corrected chi connectivity index (χ4v) is 2.44. The number of hydrogen-bond acceptors (Lipinski definition) is 4. The van der Waals surface area contributed by atoms with Crippen LogP contribution in [-0.4, -0.2) is 31.4 Å². The van der Waals surface area contributed by atoms with Gasteiger partial charge >= 0.3 is 13.1 Å². The van der Waals surface area contributed by atoms with Crippen LogP contribution in [0.15, 0.2) is 11.5 Å². The van der Waals surface area contributed by atoms with Crippen molar-refractivity contribution in [1.82, 2.24) is 0 Å². The van der Waals surface area contributed by atoms with E-state index in [-0.39, 0.29) is 30.2 Å². The maximum Gasteiger partial charge on any atom is 0.490 e. The summed E-state index contributed by atoms with van der Waals surface area (Å²) in [5.41, 5.74) is 0.536. The SMILES string of the molecule is COC(=O)[C@H]1CC=C(B2OC(C)(C)C(C)(C)O2)CC1. The molecule has 1 aliphatic heterocycles. The van der Waals surface area contributed by atoms with Gasteiger partial charge in [0.25, 0.3) is 0 Å². The molecular weight excluding hydrogens is 243 g/mol. The van der Waals surface area contributed by atoms with Crippen LogP contribution in [0.3, 0.4) is 0 Å². The molecule has 0 radical (unpaired) electrons. The highest BCUT2D eigenvalue weighted by Gasteiger charge is 2.52. The Balaban J connectivity index is 2.03. The smallest absolute Gasteiger partial charge is 0.469 e. The van der Waals surface area contributed by atoms with Gasteiger partial charge in [-0.25, -0.2) is 0 Å². The number of ether oxygens (including phenoxy) is 1. The van der Waals surface area contributed by atoms with Gasteiger partial charge in [-0.15, -0.1) is 0 Å². The molecule has 19 heavy (non-hydrogen) atoms. The summed E-state index contributed by atoms with van der Waals surface area (Å²) >= 11 is 0. The number of carbonyl (C=O) groups is 1. The van der Waals surface area contributed by atoms with Crippen LogP contribution in [0.25, 0.3) is 0 Å². The third-order valence-corrected chi connectivity index (χ3v) is 4.54. The lowest BCUT2D eigenvalue weighted by molar-refractivity contribution is -0.145. The van der Waals surface area contributed by atoms with Gasteiger partial charge in [-0.2, -0.15) is 0 Å². The summed E-state index contributed by atoms with van der Waals surface area (Å²) in [6.07, 6.45) is 4.43. The van der Waals surface area contributed by atoms with Crippen LogP contribution in [0.2, 0.25) is 0 Å². The average molecular weight is 266 g/mol. The van der Waals surface area contributed by atoms with Crippen molar-refractivity contribution in [2.24, 2.45) is 5.92 Å². The average Bonchev–Trinajstić information content (AvgIpc) is 2.58. The molecule has 5 heteroatoms. The third kappa shape index (κ3) is 2.72. The molecule has 1 atom stereocenters. The van der Waals surface area contributed by atoms with Gasteiger partial charge in [-0.1, -0.05) is 6.08 Å². The van der Waals surface area contributed by atoms with Gasteiger partial charge in [0, 0.05) is 0 Å². The molecule has 1 fully saturated rings. The highest BCUT2D eigenvalue weighted by molar-refractivity contribution is 6.54. The maximum atomic E-state index is 11.5. The predicted octanol–water partition coefficient (Wildman–Crippen LogP) is 2.52. The summed E-state index contributed by atoms with van der Waals surface area (Å²) < 4.78 is 16.8. The van der Waals surface area contributed by atoms with E-state index in [2.05, 4.69) is 6.08 Å². The van der Waals surface area contributed by atoms with Crippen molar-refractivity contribution in [3.8, 4) is 0 Å². The van der Waals surface area contributed by atoms with E-state index in [1.165, 1.54) is 7.11 Å². The van der Waals surface area contributed by atoms with E-state index in [4.69, 9.17) is 14.0 Å². The summed E-state index contributed by atoms with van der Waals surface area (Å²) in [5.74, 6) is -0.139. The van der Waals surface area contributed by atoms with E-state index in [1.54, 1.807) is 0 Å². The van der Waals surface area contributed by atoms with Crippen molar-refractivity contribution in [3.63, 3.8) is 0 Å². The number of carbonyl (C=O) groups excluding carboxylic acids is 1. The molecule has 0 aromatic heterocycles. The Bertz CT molecular complexity index is 384. The first kappa shape index (κ1) is 14.6. The van der Waals surface area contributed by atoms with Crippen LogP contribution < -0.4 is 0 Å². The molecule has 0 saturated carbocycles. The normalized spacial score (nSPS) is 29.0. The van der Waals surface area contributed by atoms with E-state index in [9.17, 15) is 4.79 Å². The molecule has 0 spiro atoms. The Kier molecular flexibility index (Phi) is 3.80. The standard InChI is InChI=1S/C14H23BO4/c1-13(2)14(3,4)19-15(18-13)11-8-6-10(7-9-11)12(16)17-5/h8,10H,6-7,9H2,1-5H3/t10-/m0/s1.